The van der Waals surface area contributed by atoms with Crippen molar-refractivity contribution in [1.29, 1.82) is 0 Å². The average Bonchev–Trinajstić information content (AvgIpc) is 3.48. The molecule has 3 aromatic rings. The summed E-state index contributed by atoms with van der Waals surface area (Å²) >= 11 is 6.53. The molecular weight excluding hydrogens is 575 g/mol. The maximum absolute atomic E-state index is 14.1. The van der Waals surface area contributed by atoms with E-state index in [4.69, 9.17) is 30.9 Å². The fourth-order valence-electron chi connectivity index (χ4n) is 5.32. The second kappa shape index (κ2) is 14.0. The van der Waals surface area contributed by atoms with Crippen molar-refractivity contribution in [3.63, 3.8) is 0 Å². The monoisotopic (exact) mass is 608 g/mol. The third-order valence-electron chi connectivity index (χ3n) is 7.62. The molecule has 2 aliphatic heterocycles. The Balaban J connectivity index is 1.47. The number of nitrogens with zero attached hydrogens (tertiary/aromatic N) is 4. The van der Waals surface area contributed by atoms with Crippen LogP contribution in [-0.4, -0.2) is 92.5 Å². The van der Waals surface area contributed by atoms with Crippen LogP contribution in [0.5, 0.6) is 11.5 Å². The second-order valence-electron chi connectivity index (χ2n) is 10.3. The van der Waals surface area contributed by atoms with Gasteiger partial charge in [0.1, 0.15) is 23.9 Å². The number of rotatable bonds is 10. The number of ether oxygens (including phenoxy) is 3. The van der Waals surface area contributed by atoms with Gasteiger partial charge in [0.15, 0.2) is 0 Å². The van der Waals surface area contributed by atoms with Crippen molar-refractivity contribution >= 4 is 29.1 Å². The molecule has 0 aromatic heterocycles. The molecule has 43 heavy (non-hydrogen) atoms. The molecule has 11 heteroatoms. The smallest absolute Gasteiger partial charge is 0.262 e. The molecule has 1 saturated heterocycles. The molecule has 0 radical (unpaired) electrons. The lowest BCUT2D eigenvalue weighted by molar-refractivity contribution is -0.133. The van der Waals surface area contributed by atoms with Crippen LogP contribution in [0.25, 0.3) is 0 Å². The predicted molar refractivity (Wildman–Crippen MR) is 161 cm³/mol. The van der Waals surface area contributed by atoms with Crippen molar-refractivity contribution in [2.75, 3.05) is 60.2 Å². The molecule has 0 saturated carbocycles. The van der Waals surface area contributed by atoms with Crippen molar-refractivity contribution in [1.82, 2.24) is 14.8 Å². The molecule has 0 spiro atoms. The lowest BCUT2D eigenvalue weighted by Crippen LogP contribution is -2.46. The first-order valence-corrected chi connectivity index (χ1v) is 14.5. The molecule has 0 N–H and O–H groups in total. The van der Waals surface area contributed by atoms with Gasteiger partial charge in [-0.3, -0.25) is 14.5 Å². The van der Waals surface area contributed by atoms with Gasteiger partial charge in [-0.05, 0) is 42.5 Å². The highest BCUT2D eigenvalue weighted by molar-refractivity contribution is 6.34. The van der Waals surface area contributed by atoms with E-state index in [0.717, 1.165) is 13.1 Å². The number of morpholine rings is 1. The number of carbonyl (C=O) groups is 2. The maximum Gasteiger partial charge on any atom is 0.262 e. The Morgan fingerprint density at radius 3 is 2.56 bits per heavy atom. The van der Waals surface area contributed by atoms with Crippen molar-refractivity contribution < 1.29 is 28.2 Å². The van der Waals surface area contributed by atoms with Gasteiger partial charge in [-0.1, -0.05) is 35.9 Å². The topological polar surface area (TPSA) is 83.9 Å². The first kappa shape index (κ1) is 30.5. The third kappa shape index (κ3) is 7.15. The zero-order valence-electron chi connectivity index (χ0n) is 24.2. The highest BCUT2D eigenvalue weighted by atomic mass is 35.5. The molecule has 0 aliphatic carbocycles. The SMILES string of the molecule is COc1ccc(OC)c([C@@H]2CC(c3ccccc3Cl)=NN2C(=O)CN(CCN2CCOCC2)C(=O)c2cccc(F)c2)c1. The number of methoxy groups -OCH3 is 2. The summed E-state index contributed by atoms with van der Waals surface area (Å²) in [6.07, 6.45) is 0.366. The van der Waals surface area contributed by atoms with Crippen LogP contribution in [0, 0.1) is 5.82 Å². The van der Waals surface area contributed by atoms with Crippen molar-refractivity contribution in [3.8, 4) is 11.5 Å². The van der Waals surface area contributed by atoms with E-state index in [-0.39, 0.29) is 18.7 Å². The lowest BCUT2D eigenvalue weighted by atomic mass is 9.97. The first-order chi connectivity index (χ1) is 20.9. The van der Waals surface area contributed by atoms with E-state index in [9.17, 15) is 14.0 Å². The summed E-state index contributed by atoms with van der Waals surface area (Å²) in [6.45, 7) is 3.21. The van der Waals surface area contributed by atoms with Gasteiger partial charge in [-0.15, -0.1) is 0 Å². The number of hydrogen-bond acceptors (Lipinski definition) is 7. The highest BCUT2D eigenvalue weighted by Crippen LogP contribution is 2.40. The molecule has 2 amide bonds. The van der Waals surface area contributed by atoms with E-state index in [1.165, 1.54) is 28.1 Å². The number of hydrogen-bond donors (Lipinski definition) is 0. The predicted octanol–water partition coefficient (Wildman–Crippen LogP) is 4.65. The standard InChI is InChI=1S/C32H34ClFN4O5/c1-41-24-10-11-30(42-2)26(19-24)29-20-28(25-8-3-4-9-27(25)33)35-38(29)31(39)21-37(13-12-36-14-16-43-17-15-36)32(40)22-6-5-7-23(34)18-22/h3-11,18-19,29H,12-17,20-21H2,1-2H3/t29-/m0/s1. The number of halogens is 2. The Morgan fingerprint density at radius 1 is 1.05 bits per heavy atom. The van der Waals surface area contributed by atoms with Gasteiger partial charge in [-0.25, -0.2) is 9.40 Å². The summed E-state index contributed by atoms with van der Waals surface area (Å²) in [4.78, 5) is 31.4. The minimum atomic E-state index is -0.547. The van der Waals surface area contributed by atoms with Crippen LogP contribution in [0.4, 0.5) is 4.39 Å². The molecule has 5 rings (SSSR count). The summed E-state index contributed by atoms with van der Waals surface area (Å²) in [5.41, 5.74) is 2.22. The number of benzene rings is 3. The second-order valence-corrected chi connectivity index (χ2v) is 10.7. The molecule has 2 aliphatic rings. The molecular formula is C32H34ClFN4O5. The quantitative estimate of drug-likeness (QED) is 0.333. The minimum absolute atomic E-state index is 0.169. The Hall–Kier alpha value is -3.99. The molecule has 0 unspecified atom stereocenters. The highest BCUT2D eigenvalue weighted by Gasteiger charge is 2.37. The van der Waals surface area contributed by atoms with E-state index in [1.807, 2.05) is 24.3 Å². The van der Waals surface area contributed by atoms with Gasteiger partial charge in [-0.2, -0.15) is 5.10 Å². The van der Waals surface area contributed by atoms with E-state index in [2.05, 4.69) is 4.90 Å². The summed E-state index contributed by atoms with van der Waals surface area (Å²) in [6, 6.07) is 17.7. The normalized spacial score (nSPS) is 17.0. The molecule has 1 atom stereocenters. The molecule has 226 valence electrons. The van der Waals surface area contributed by atoms with Crippen LogP contribution in [0.15, 0.2) is 71.8 Å². The molecule has 3 aromatic carbocycles. The van der Waals surface area contributed by atoms with Crippen LogP contribution in [-0.2, 0) is 9.53 Å². The maximum atomic E-state index is 14.1. The number of amides is 2. The van der Waals surface area contributed by atoms with E-state index >= 15 is 0 Å². The van der Waals surface area contributed by atoms with Gasteiger partial charge >= 0.3 is 0 Å². The van der Waals surface area contributed by atoms with Crippen molar-refractivity contribution in [2.24, 2.45) is 5.10 Å². The van der Waals surface area contributed by atoms with Crippen LogP contribution in [0.2, 0.25) is 5.02 Å². The third-order valence-corrected chi connectivity index (χ3v) is 7.95. The van der Waals surface area contributed by atoms with Crippen molar-refractivity contribution in [2.45, 2.75) is 12.5 Å². The van der Waals surface area contributed by atoms with Gasteiger partial charge in [0.05, 0.1) is 39.2 Å². The Kier molecular flexibility index (Phi) is 9.91. The van der Waals surface area contributed by atoms with E-state index in [0.29, 0.717) is 59.5 Å². The van der Waals surface area contributed by atoms with Crippen LogP contribution in [0.3, 0.4) is 0 Å². The average molecular weight is 609 g/mol. The molecule has 2 heterocycles. The Bertz CT molecular complexity index is 1500. The van der Waals surface area contributed by atoms with Gasteiger partial charge < -0.3 is 19.1 Å². The minimum Gasteiger partial charge on any atom is -0.497 e. The fourth-order valence-corrected chi connectivity index (χ4v) is 5.56. The van der Waals surface area contributed by atoms with E-state index < -0.39 is 23.7 Å². The van der Waals surface area contributed by atoms with Crippen LogP contribution < -0.4 is 9.47 Å². The van der Waals surface area contributed by atoms with Crippen molar-refractivity contribution in [3.05, 3.63) is 94.3 Å². The lowest BCUT2D eigenvalue weighted by Gasteiger charge is -2.31. The van der Waals surface area contributed by atoms with Gasteiger partial charge in [0.25, 0.3) is 11.8 Å². The summed E-state index contributed by atoms with van der Waals surface area (Å²) in [5.74, 6) is -0.194. The Labute approximate surface area is 255 Å². The zero-order chi connectivity index (χ0) is 30.3. The Morgan fingerprint density at radius 2 is 1.84 bits per heavy atom. The summed E-state index contributed by atoms with van der Waals surface area (Å²) in [7, 11) is 3.13. The van der Waals surface area contributed by atoms with E-state index in [1.54, 1.807) is 38.5 Å². The van der Waals surface area contributed by atoms with Gasteiger partial charge in [0.2, 0.25) is 0 Å². The van der Waals surface area contributed by atoms with Gasteiger partial charge in [0, 0.05) is 54.3 Å². The molecule has 9 nitrogen and oxygen atoms in total. The fraction of sp³-hybridized carbons (Fsp3) is 0.344. The summed E-state index contributed by atoms with van der Waals surface area (Å²) < 4.78 is 30.6. The van der Waals surface area contributed by atoms with Crippen LogP contribution in [0.1, 0.15) is 33.9 Å². The number of carbonyl (C=O) groups excluding carboxylic acids is 2. The first-order valence-electron chi connectivity index (χ1n) is 14.1. The van der Waals surface area contributed by atoms with Crippen LogP contribution >= 0.6 is 11.6 Å². The summed E-state index contributed by atoms with van der Waals surface area (Å²) in [5, 5.41) is 6.67. The molecule has 1 fully saturated rings. The zero-order valence-corrected chi connectivity index (χ0v) is 24.9. The number of hydrazone groups is 1. The molecule has 0 bridgehead atoms. The largest absolute Gasteiger partial charge is 0.497 e.